The van der Waals surface area contributed by atoms with E-state index in [-0.39, 0.29) is 28.5 Å². The minimum absolute atomic E-state index is 0.120. The summed E-state index contributed by atoms with van der Waals surface area (Å²) in [5.74, 6) is -1.27. The second-order valence-corrected chi connectivity index (χ2v) is 10.3. The van der Waals surface area contributed by atoms with Gasteiger partial charge < -0.3 is 25.6 Å². The number of ketones is 1. The average molecular weight is 554 g/mol. The lowest BCUT2D eigenvalue weighted by molar-refractivity contribution is 0.0192. The lowest BCUT2D eigenvalue weighted by Crippen LogP contribution is -2.49. The zero-order valence-electron chi connectivity index (χ0n) is 22.8. The van der Waals surface area contributed by atoms with Gasteiger partial charge in [0, 0.05) is 29.3 Å². The Morgan fingerprint density at radius 2 is 1.66 bits per heavy atom. The minimum atomic E-state index is -0.566. The van der Waals surface area contributed by atoms with Crippen LogP contribution in [0, 0.1) is 13.8 Å². The Hall–Kier alpha value is -4.76. The van der Waals surface area contributed by atoms with Crippen LogP contribution in [0.25, 0.3) is 10.9 Å². The third-order valence-corrected chi connectivity index (χ3v) is 7.33. The van der Waals surface area contributed by atoms with E-state index in [2.05, 4.69) is 15.6 Å². The number of carbonyl (C=O) groups excluding carboxylic acids is 3. The molecule has 0 spiro atoms. The quantitative estimate of drug-likeness (QED) is 0.206. The molecule has 0 bridgehead atoms. The van der Waals surface area contributed by atoms with E-state index in [1.165, 1.54) is 30.3 Å². The van der Waals surface area contributed by atoms with Gasteiger partial charge >= 0.3 is 5.97 Å². The maximum absolute atomic E-state index is 13.1. The normalized spacial score (nSPS) is 17.0. The second kappa shape index (κ2) is 11.8. The number of pyridine rings is 1. The first-order valence-corrected chi connectivity index (χ1v) is 13.5. The summed E-state index contributed by atoms with van der Waals surface area (Å²) < 4.78 is 5.86. The third-order valence-electron chi connectivity index (χ3n) is 7.33. The van der Waals surface area contributed by atoms with Gasteiger partial charge in [-0.3, -0.25) is 14.6 Å². The maximum atomic E-state index is 13.1. The SMILES string of the molecule is Cc1cc(C(=O)N[C@@H]2CNCCC[C@H]2OC(=O)c2ccc(C(=O)c3cc4ncccc4cc3O)cc2)cc(C)c1O. The predicted octanol–water partition coefficient (Wildman–Crippen LogP) is 4.20. The van der Waals surface area contributed by atoms with Crippen LogP contribution in [0.2, 0.25) is 0 Å². The molecule has 1 aromatic heterocycles. The fourth-order valence-corrected chi connectivity index (χ4v) is 5.05. The molecule has 1 aliphatic rings. The van der Waals surface area contributed by atoms with Crippen molar-refractivity contribution in [2.24, 2.45) is 0 Å². The van der Waals surface area contributed by atoms with Crippen molar-refractivity contribution in [1.82, 2.24) is 15.6 Å². The van der Waals surface area contributed by atoms with E-state index >= 15 is 0 Å². The maximum Gasteiger partial charge on any atom is 0.338 e. The Kier molecular flexibility index (Phi) is 7.98. The Morgan fingerprint density at radius 3 is 2.39 bits per heavy atom. The van der Waals surface area contributed by atoms with Crippen molar-refractivity contribution >= 4 is 28.6 Å². The summed E-state index contributed by atoms with van der Waals surface area (Å²) in [4.78, 5) is 43.5. The summed E-state index contributed by atoms with van der Waals surface area (Å²) in [5.41, 5.74) is 2.89. The molecule has 0 radical (unpaired) electrons. The second-order valence-electron chi connectivity index (χ2n) is 10.3. The highest BCUT2D eigenvalue weighted by Gasteiger charge is 2.29. The minimum Gasteiger partial charge on any atom is -0.507 e. The van der Waals surface area contributed by atoms with Crippen molar-refractivity contribution in [3.8, 4) is 11.5 Å². The summed E-state index contributed by atoms with van der Waals surface area (Å²) in [6.45, 7) is 4.62. The number of amides is 1. The molecule has 0 aliphatic carbocycles. The van der Waals surface area contributed by atoms with Crippen LogP contribution in [0.1, 0.15) is 60.6 Å². The van der Waals surface area contributed by atoms with Gasteiger partial charge in [-0.2, -0.15) is 0 Å². The highest BCUT2D eigenvalue weighted by molar-refractivity contribution is 6.12. The van der Waals surface area contributed by atoms with Crippen molar-refractivity contribution in [2.75, 3.05) is 13.1 Å². The standard InChI is InChI=1S/C32H31N3O6/c1-18-13-23(14-19(2)29(18)37)31(39)35-26-17-33-11-4-6-28(26)41-32(40)21-9-7-20(8-10-21)30(38)24-16-25-22(15-27(24)36)5-3-12-34-25/h3,5,7-10,12-16,26,28,33,36-37H,4,6,11,17H2,1-2H3,(H,35,39)/t26-,28-/m1/s1. The van der Waals surface area contributed by atoms with Crippen molar-refractivity contribution in [3.63, 3.8) is 0 Å². The molecule has 1 aliphatic heterocycles. The van der Waals surface area contributed by atoms with E-state index in [0.29, 0.717) is 40.7 Å². The van der Waals surface area contributed by atoms with Crippen LogP contribution in [0.3, 0.4) is 0 Å². The summed E-state index contributed by atoms with van der Waals surface area (Å²) in [6.07, 6.45) is 2.37. The molecule has 4 N–H and O–H groups in total. The molecule has 9 nitrogen and oxygen atoms in total. The third kappa shape index (κ3) is 6.05. The van der Waals surface area contributed by atoms with Crippen molar-refractivity contribution < 1.29 is 29.3 Å². The van der Waals surface area contributed by atoms with E-state index in [9.17, 15) is 24.6 Å². The fourth-order valence-electron chi connectivity index (χ4n) is 5.05. The summed E-state index contributed by atoms with van der Waals surface area (Å²) >= 11 is 0. The van der Waals surface area contributed by atoms with E-state index in [4.69, 9.17) is 4.74 Å². The number of nitrogens with zero attached hydrogens (tertiary/aromatic N) is 1. The number of hydrogen-bond donors (Lipinski definition) is 4. The molecule has 41 heavy (non-hydrogen) atoms. The van der Waals surface area contributed by atoms with Gasteiger partial charge in [-0.15, -0.1) is 0 Å². The number of fused-ring (bicyclic) bond motifs is 1. The molecule has 5 rings (SSSR count). The number of ether oxygens (including phenoxy) is 1. The Bertz CT molecular complexity index is 1610. The highest BCUT2D eigenvalue weighted by Crippen LogP contribution is 2.27. The summed E-state index contributed by atoms with van der Waals surface area (Å²) in [6, 6.07) is 15.4. The smallest absolute Gasteiger partial charge is 0.338 e. The molecular formula is C32H31N3O6. The van der Waals surface area contributed by atoms with Gasteiger partial charge in [0.1, 0.15) is 17.6 Å². The van der Waals surface area contributed by atoms with Gasteiger partial charge in [-0.1, -0.05) is 18.2 Å². The van der Waals surface area contributed by atoms with Crippen molar-refractivity contribution in [3.05, 3.63) is 100 Å². The number of hydrogen-bond acceptors (Lipinski definition) is 8. The largest absolute Gasteiger partial charge is 0.507 e. The molecular weight excluding hydrogens is 522 g/mol. The average Bonchev–Trinajstić information content (AvgIpc) is 3.19. The van der Waals surface area contributed by atoms with Crippen LogP contribution in [0.4, 0.5) is 0 Å². The first kappa shape index (κ1) is 27.8. The summed E-state index contributed by atoms with van der Waals surface area (Å²) in [5, 5.41) is 27.4. The monoisotopic (exact) mass is 553 g/mol. The van der Waals surface area contributed by atoms with E-state index in [1.807, 2.05) is 0 Å². The molecule has 1 amide bonds. The van der Waals surface area contributed by atoms with Crippen LogP contribution in [0.15, 0.2) is 66.9 Å². The Labute approximate surface area is 237 Å². The van der Waals surface area contributed by atoms with Gasteiger partial charge in [0.05, 0.1) is 22.7 Å². The molecule has 4 aromatic rings. The number of carbonyl (C=O) groups is 3. The fraction of sp³-hybridized carbons (Fsp3) is 0.250. The topological polar surface area (TPSA) is 138 Å². The van der Waals surface area contributed by atoms with Gasteiger partial charge in [0.15, 0.2) is 5.78 Å². The predicted molar refractivity (Wildman–Crippen MR) is 153 cm³/mol. The van der Waals surface area contributed by atoms with Crippen LogP contribution in [-0.2, 0) is 4.74 Å². The molecule has 1 saturated heterocycles. The van der Waals surface area contributed by atoms with E-state index < -0.39 is 23.9 Å². The lowest BCUT2D eigenvalue weighted by atomic mass is 9.99. The van der Waals surface area contributed by atoms with Gasteiger partial charge in [-0.25, -0.2) is 4.79 Å². The number of aromatic nitrogens is 1. The number of phenols is 2. The van der Waals surface area contributed by atoms with Crippen LogP contribution >= 0.6 is 0 Å². The van der Waals surface area contributed by atoms with Crippen molar-refractivity contribution in [1.29, 1.82) is 0 Å². The van der Waals surface area contributed by atoms with Gasteiger partial charge in [0.2, 0.25) is 0 Å². The number of aromatic hydroxyl groups is 2. The molecule has 210 valence electrons. The van der Waals surface area contributed by atoms with Gasteiger partial charge in [0.25, 0.3) is 5.91 Å². The number of rotatable bonds is 6. The Morgan fingerprint density at radius 1 is 0.951 bits per heavy atom. The highest BCUT2D eigenvalue weighted by atomic mass is 16.5. The first-order valence-electron chi connectivity index (χ1n) is 13.5. The molecule has 0 unspecified atom stereocenters. The van der Waals surface area contributed by atoms with Crippen molar-refractivity contribution in [2.45, 2.75) is 38.8 Å². The number of benzene rings is 3. The summed E-state index contributed by atoms with van der Waals surface area (Å²) in [7, 11) is 0. The van der Waals surface area contributed by atoms with E-state index in [0.717, 1.165) is 18.4 Å². The number of nitrogens with one attached hydrogen (secondary N) is 2. The van der Waals surface area contributed by atoms with Gasteiger partial charge in [-0.05, 0) is 86.8 Å². The molecule has 2 heterocycles. The van der Waals surface area contributed by atoms with Crippen LogP contribution in [-0.4, -0.2) is 58.1 Å². The molecule has 0 saturated carbocycles. The molecule has 1 fully saturated rings. The molecule has 3 aromatic carbocycles. The number of aryl methyl sites for hydroxylation is 2. The number of esters is 1. The molecule has 2 atom stereocenters. The zero-order valence-corrected chi connectivity index (χ0v) is 22.8. The van der Waals surface area contributed by atoms with E-state index in [1.54, 1.807) is 50.4 Å². The van der Waals surface area contributed by atoms with Crippen LogP contribution < -0.4 is 10.6 Å². The first-order chi connectivity index (χ1) is 19.7. The molecule has 9 heteroatoms. The number of phenolic OH excluding ortho intramolecular Hbond substituents is 2. The lowest BCUT2D eigenvalue weighted by Gasteiger charge is -2.26. The van der Waals surface area contributed by atoms with Crippen LogP contribution in [0.5, 0.6) is 11.5 Å². The zero-order chi connectivity index (χ0) is 29.1. The Balaban J connectivity index is 1.29.